The molecule has 0 spiro atoms. The first-order chi connectivity index (χ1) is 11.6. The number of halogens is 1. The molecule has 1 aromatic carbocycles. The molecule has 0 saturated carbocycles. The Morgan fingerprint density at radius 2 is 1.88 bits per heavy atom. The van der Waals surface area contributed by atoms with Crippen LogP contribution in [-0.2, 0) is 0 Å². The molecule has 0 atom stereocenters. The maximum Gasteiger partial charge on any atom is 0.274 e. The van der Waals surface area contributed by atoms with Gasteiger partial charge in [0, 0.05) is 44.1 Å². The minimum Gasteiger partial charge on any atom is -0.366 e. The Balaban J connectivity index is 1.67. The second kappa shape index (κ2) is 6.74. The van der Waals surface area contributed by atoms with Crippen LogP contribution in [0, 0.1) is 5.82 Å². The number of rotatable bonds is 3. The smallest absolute Gasteiger partial charge is 0.274 e. The van der Waals surface area contributed by atoms with Gasteiger partial charge < -0.3 is 9.80 Å². The van der Waals surface area contributed by atoms with Crippen LogP contribution in [0.3, 0.4) is 0 Å². The third-order valence-corrected chi connectivity index (χ3v) is 4.04. The van der Waals surface area contributed by atoms with Gasteiger partial charge in [0.15, 0.2) is 5.78 Å². The van der Waals surface area contributed by atoms with E-state index in [0.29, 0.717) is 43.1 Å². The molecule has 1 saturated heterocycles. The molecule has 24 heavy (non-hydrogen) atoms. The van der Waals surface area contributed by atoms with Crippen molar-refractivity contribution >= 4 is 17.4 Å². The summed E-state index contributed by atoms with van der Waals surface area (Å²) in [6.07, 6.45) is 4.44. The fraction of sp³-hybridized carbons (Fsp3) is 0.294. The van der Waals surface area contributed by atoms with Gasteiger partial charge >= 0.3 is 0 Å². The zero-order chi connectivity index (χ0) is 17.1. The summed E-state index contributed by atoms with van der Waals surface area (Å²) >= 11 is 0. The lowest BCUT2D eigenvalue weighted by atomic mass is 10.1. The number of benzene rings is 1. The molecule has 7 heteroatoms. The Morgan fingerprint density at radius 1 is 1.12 bits per heavy atom. The molecule has 1 aromatic heterocycles. The predicted molar refractivity (Wildman–Crippen MR) is 86.6 cm³/mol. The first-order valence-electron chi connectivity index (χ1n) is 7.67. The number of Topliss-reactive ketones (excluding diaryl/α,β-unsaturated/α-hetero) is 1. The van der Waals surface area contributed by atoms with E-state index in [9.17, 15) is 14.0 Å². The fourth-order valence-corrected chi connectivity index (χ4v) is 2.70. The minimum atomic E-state index is -0.420. The Labute approximate surface area is 138 Å². The molecule has 1 aliphatic rings. The molecule has 2 heterocycles. The molecule has 1 fully saturated rings. The van der Waals surface area contributed by atoms with E-state index in [1.807, 2.05) is 4.90 Å². The summed E-state index contributed by atoms with van der Waals surface area (Å²) in [6.45, 7) is 3.39. The lowest BCUT2D eigenvalue weighted by Crippen LogP contribution is -2.49. The van der Waals surface area contributed by atoms with Crippen molar-refractivity contribution in [2.45, 2.75) is 6.92 Å². The number of hydrogen-bond acceptors (Lipinski definition) is 5. The van der Waals surface area contributed by atoms with Crippen LogP contribution in [0.1, 0.15) is 27.8 Å². The Hall–Kier alpha value is -2.83. The van der Waals surface area contributed by atoms with Gasteiger partial charge in [-0.1, -0.05) is 0 Å². The number of ketones is 1. The molecule has 1 amide bonds. The van der Waals surface area contributed by atoms with Crippen LogP contribution in [0.2, 0.25) is 0 Å². The quantitative estimate of drug-likeness (QED) is 0.804. The summed E-state index contributed by atoms with van der Waals surface area (Å²) < 4.78 is 14.2. The highest BCUT2D eigenvalue weighted by Gasteiger charge is 2.24. The van der Waals surface area contributed by atoms with E-state index in [0.717, 1.165) is 0 Å². The van der Waals surface area contributed by atoms with Gasteiger partial charge in [-0.2, -0.15) is 0 Å². The summed E-state index contributed by atoms with van der Waals surface area (Å²) in [6, 6.07) is 4.50. The maximum absolute atomic E-state index is 14.2. The van der Waals surface area contributed by atoms with Crippen LogP contribution >= 0.6 is 0 Å². The van der Waals surface area contributed by atoms with Crippen molar-refractivity contribution in [3.05, 3.63) is 53.9 Å². The zero-order valence-corrected chi connectivity index (χ0v) is 13.3. The molecule has 6 nitrogen and oxygen atoms in total. The highest BCUT2D eigenvalue weighted by atomic mass is 19.1. The molecule has 3 rings (SSSR count). The van der Waals surface area contributed by atoms with Crippen LogP contribution in [0.25, 0.3) is 0 Å². The third-order valence-electron chi connectivity index (χ3n) is 4.04. The molecule has 0 radical (unpaired) electrons. The molecule has 124 valence electrons. The van der Waals surface area contributed by atoms with E-state index >= 15 is 0 Å². The van der Waals surface area contributed by atoms with Gasteiger partial charge in [-0.3, -0.25) is 14.6 Å². The topological polar surface area (TPSA) is 66.4 Å². The van der Waals surface area contributed by atoms with E-state index in [-0.39, 0.29) is 11.7 Å². The minimum absolute atomic E-state index is 0.167. The Morgan fingerprint density at radius 3 is 2.46 bits per heavy atom. The number of nitrogens with zero attached hydrogens (tertiary/aromatic N) is 4. The van der Waals surface area contributed by atoms with Crippen molar-refractivity contribution in [2.24, 2.45) is 0 Å². The van der Waals surface area contributed by atoms with Crippen molar-refractivity contribution in [3.8, 4) is 0 Å². The van der Waals surface area contributed by atoms with Gasteiger partial charge in [0.05, 0.1) is 11.9 Å². The molecule has 0 aliphatic carbocycles. The second-order valence-corrected chi connectivity index (χ2v) is 5.59. The molecular weight excluding hydrogens is 311 g/mol. The van der Waals surface area contributed by atoms with Gasteiger partial charge in [-0.05, 0) is 25.1 Å². The number of carbonyl (C=O) groups excluding carboxylic acids is 2. The largest absolute Gasteiger partial charge is 0.366 e. The number of piperazine rings is 1. The molecule has 0 bridgehead atoms. The summed E-state index contributed by atoms with van der Waals surface area (Å²) in [5.41, 5.74) is 1.11. The number of hydrogen-bond donors (Lipinski definition) is 0. The first-order valence-corrected chi connectivity index (χ1v) is 7.67. The van der Waals surface area contributed by atoms with Crippen molar-refractivity contribution in [1.29, 1.82) is 0 Å². The average molecular weight is 328 g/mol. The van der Waals surface area contributed by atoms with Gasteiger partial charge in [-0.25, -0.2) is 9.37 Å². The lowest BCUT2D eigenvalue weighted by Gasteiger charge is -2.36. The summed E-state index contributed by atoms with van der Waals surface area (Å²) in [7, 11) is 0. The van der Waals surface area contributed by atoms with E-state index in [1.165, 1.54) is 31.6 Å². The summed E-state index contributed by atoms with van der Waals surface area (Å²) in [5, 5.41) is 0. The highest BCUT2D eigenvalue weighted by molar-refractivity contribution is 5.94. The van der Waals surface area contributed by atoms with E-state index in [4.69, 9.17) is 0 Å². The van der Waals surface area contributed by atoms with Crippen LogP contribution < -0.4 is 4.90 Å². The van der Waals surface area contributed by atoms with Crippen molar-refractivity contribution in [3.63, 3.8) is 0 Å². The number of anilines is 1. The van der Waals surface area contributed by atoms with Gasteiger partial charge in [0.1, 0.15) is 11.5 Å². The molecular formula is C17H17FN4O2. The normalized spacial score (nSPS) is 14.6. The molecule has 1 aliphatic heterocycles. The summed E-state index contributed by atoms with van der Waals surface area (Å²) in [5.74, 6) is -0.758. The van der Waals surface area contributed by atoms with Gasteiger partial charge in [-0.15, -0.1) is 0 Å². The van der Waals surface area contributed by atoms with Crippen LogP contribution in [0.5, 0.6) is 0 Å². The molecule has 0 N–H and O–H groups in total. The van der Waals surface area contributed by atoms with E-state index < -0.39 is 5.82 Å². The van der Waals surface area contributed by atoms with Crippen molar-refractivity contribution in [2.75, 3.05) is 31.1 Å². The van der Waals surface area contributed by atoms with Crippen LogP contribution in [0.15, 0.2) is 36.8 Å². The molecule has 2 aromatic rings. The SMILES string of the molecule is CC(=O)c1ccc(N2CCN(C(=O)c3cnccn3)CC2)c(F)c1. The summed E-state index contributed by atoms with van der Waals surface area (Å²) in [4.78, 5) is 35.1. The third kappa shape index (κ3) is 3.24. The predicted octanol–water partition coefficient (Wildman–Crippen LogP) is 1.78. The zero-order valence-electron chi connectivity index (χ0n) is 13.3. The van der Waals surface area contributed by atoms with Gasteiger partial charge in [0.25, 0.3) is 5.91 Å². The van der Waals surface area contributed by atoms with E-state index in [1.54, 1.807) is 17.0 Å². The average Bonchev–Trinajstić information content (AvgIpc) is 2.62. The highest BCUT2D eigenvalue weighted by Crippen LogP contribution is 2.22. The lowest BCUT2D eigenvalue weighted by molar-refractivity contribution is 0.0740. The standard InChI is InChI=1S/C17H17FN4O2/c1-12(23)13-2-3-16(14(18)10-13)21-6-8-22(9-7-21)17(24)15-11-19-4-5-20-15/h2-5,10-11H,6-9H2,1H3. The number of carbonyl (C=O) groups is 2. The van der Waals surface area contributed by atoms with Crippen LogP contribution in [0.4, 0.5) is 10.1 Å². The monoisotopic (exact) mass is 328 g/mol. The number of amides is 1. The van der Waals surface area contributed by atoms with Crippen LogP contribution in [-0.4, -0.2) is 52.7 Å². The van der Waals surface area contributed by atoms with Gasteiger partial charge in [0.2, 0.25) is 0 Å². The number of aromatic nitrogens is 2. The van der Waals surface area contributed by atoms with E-state index in [2.05, 4.69) is 9.97 Å². The van der Waals surface area contributed by atoms with Crippen molar-refractivity contribution in [1.82, 2.24) is 14.9 Å². The Kier molecular flexibility index (Phi) is 4.50. The molecule has 0 unspecified atom stereocenters. The van der Waals surface area contributed by atoms with Crippen molar-refractivity contribution < 1.29 is 14.0 Å². The Bertz CT molecular complexity index is 758. The first kappa shape index (κ1) is 16.0. The fourth-order valence-electron chi connectivity index (χ4n) is 2.70. The second-order valence-electron chi connectivity index (χ2n) is 5.59. The maximum atomic E-state index is 14.2.